The van der Waals surface area contributed by atoms with Crippen LogP contribution >= 0.6 is 0 Å². The Morgan fingerprint density at radius 3 is 0.667 bits per heavy atom. The SMILES string of the molecule is C[Si]1(C)O[Si]2(c3ccccc3)O[Si](c3ccccc3)(O1)O[Si]1(c3ccccc3)O[Si](C)(C)O[Si](c3ccccc3)(O1)O2. The van der Waals surface area contributed by atoms with Crippen molar-refractivity contribution in [3.63, 3.8) is 0 Å². The first-order valence-electron chi connectivity index (χ1n) is 13.9. The molecule has 3 saturated heterocycles. The summed E-state index contributed by atoms with van der Waals surface area (Å²) in [4.78, 5) is 0. The monoisotopic (exact) mass is 664 g/mol. The van der Waals surface area contributed by atoms with Crippen LogP contribution in [-0.4, -0.2) is 52.3 Å². The first-order valence-corrected chi connectivity index (χ1v) is 26.4. The molecule has 3 heterocycles. The van der Waals surface area contributed by atoms with Crippen LogP contribution in [-0.2, 0) is 32.9 Å². The van der Waals surface area contributed by atoms with Gasteiger partial charge in [-0.15, -0.1) is 0 Å². The van der Waals surface area contributed by atoms with Crippen LogP contribution in [0.5, 0.6) is 0 Å². The number of hydrogen-bond donors (Lipinski definition) is 0. The third-order valence-electron chi connectivity index (χ3n) is 7.10. The van der Waals surface area contributed by atoms with Crippen molar-refractivity contribution < 1.29 is 32.9 Å². The van der Waals surface area contributed by atoms with Crippen LogP contribution in [0.4, 0.5) is 0 Å². The van der Waals surface area contributed by atoms with Gasteiger partial charge < -0.3 is 32.9 Å². The molecule has 7 rings (SSSR count). The van der Waals surface area contributed by atoms with Crippen LogP contribution in [0, 0.1) is 0 Å². The standard InChI is InChI=1S/C28H32O8Si6/c1-37(2)29-39(25-17-9-5-10-18-25)33-40(30-37,26-19-11-6-12-20-26)36-42(28-23-15-8-16-24-28)32-38(3,4)31-41(34-42,35-39)27-21-13-7-14-22-27/h5-24H,1-4H3. The van der Waals surface area contributed by atoms with Crippen LogP contribution in [0.3, 0.4) is 0 Å². The molecule has 0 radical (unpaired) electrons. The quantitative estimate of drug-likeness (QED) is 0.309. The molecule has 0 unspecified atom stereocenters. The van der Waals surface area contributed by atoms with Gasteiger partial charge in [0.1, 0.15) is 0 Å². The number of fused-ring (bicyclic) bond motifs is 4. The minimum absolute atomic E-state index is 0.806. The third-order valence-corrected chi connectivity index (χ3v) is 32.0. The Morgan fingerprint density at radius 1 is 0.286 bits per heavy atom. The second kappa shape index (κ2) is 10.2. The van der Waals surface area contributed by atoms with E-state index in [0.29, 0.717) is 0 Å². The van der Waals surface area contributed by atoms with Gasteiger partial charge in [-0.3, -0.25) is 0 Å². The van der Waals surface area contributed by atoms with Gasteiger partial charge >= 0.3 is 52.3 Å². The molecule has 0 aliphatic carbocycles. The van der Waals surface area contributed by atoms with Crippen LogP contribution in [0.15, 0.2) is 121 Å². The number of hydrogen-bond acceptors (Lipinski definition) is 8. The first kappa shape index (κ1) is 28.6. The van der Waals surface area contributed by atoms with Gasteiger partial charge in [0, 0.05) is 20.7 Å². The number of benzene rings is 4. The molecule has 3 aliphatic rings. The molecule has 42 heavy (non-hydrogen) atoms. The Labute approximate surface area is 252 Å². The summed E-state index contributed by atoms with van der Waals surface area (Å²) in [6, 6.07) is 39.5. The first-order chi connectivity index (χ1) is 20.1. The molecule has 4 aromatic carbocycles. The van der Waals surface area contributed by atoms with E-state index in [1.807, 2.05) is 148 Å². The summed E-state index contributed by atoms with van der Waals surface area (Å²) in [5, 5.41) is 3.22. The second-order valence-corrected chi connectivity index (χ2v) is 30.2. The topological polar surface area (TPSA) is 73.8 Å². The molecule has 0 amide bonds. The van der Waals surface area contributed by atoms with E-state index in [9.17, 15) is 0 Å². The van der Waals surface area contributed by atoms with Crippen molar-refractivity contribution in [3.8, 4) is 0 Å². The zero-order valence-corrected chi connectivity index (χ0v) is 29.8. The van der Waals surface area contributed by atoms with E-state index >= 15 is 0 Å². The van der Waals surface area contributed by atoms with Crippen molar-refractivity contribution in [1.29, 1.82) is 0 Å². The molecule has 0 N–H and O–H groups in total. The Hall–Kier alpha value is -2.14. The summed E-state index contributed by atoms with van der Waals surface area (Å²) >= 11 is 0. The highest BCUT2D eigenvalue weighted by molar-refractivity contribution is 7.09. The molecule has 0 aromatic heterocycles. The van der Waals surface area contributed by atoms with E-state index in [1.165, 1.54) is 0 Å². The predicted octanol–water partition coefficient (Wildman–Crippen LogP) is 2.95. The van der Waals surface area contributed by atoms with Gasteiger partial charge in [-0.25, -0.2) is 0 Å². The van der Waals surface area contributed by atoms with Crippen LogP contribution < -0.4 is 20.7 Å². The van der Waals surface area contributed by atoms with E-state index in [2.05, 4.69) is 0 Å². The fourth-order valence-corrected chi connectivity index (χ4v) is 37.2. The van der Waals surface area contributed by atoms with Gasteiger partial charge in [0.25, 0.3) is 0 Å². The minimum Gasteiger partial charge on any atom is -0.391 e. The molecule has 3 aliphatic heterocycles. The Morgan fingerprint density at radius 2 is 0.476 bits per heavy atom. The van der Waals surface area contributed by atoms with Gasteiger partial charge in [-0.1, -0.05) is 121 Å². The van der Waals surface area contributed by atoms with Gasteiger partial charge in [-0.2, -0.15) is 0 Å². The maximum atomic E-state index is 7.43. The van der Waals surface area contributed by atoms with Crippen LogP contribution in [0.1, 0.15) is 0 Å². The van der Waals surface area contributed by atoms with Crippen LogP contribution in [0.25, 0.3) is 0 Å². The summed E-state index contributed by atoms with van der Waals surface area (Å²) in [7, 11) is -21.3. The minimum atomic E-state index is -3.84. The van der Waals surface area contributed by atoms with Crippen molar-refractivity contribution >= 4 is 73.1 Å². The zero-order chi connectivity index (χ0) is 29.1. The molecule has 0 atom stereocenters. The highest BCUT2D eigenvalue weighted by atomic mass is 28.6. The van der Waals surface area contributed by atoms with E-state index in [1.54, 1.807) is 0 Å². The predicted molar refractivity (Wildman–Crippen MR) is 171 cm³/mol. The lowest BCUT2D eigenvalue weighted by atomic mass is 10.4. The van der Waals surface area contributed by atoms with Crippen molar-refractivity contribution in [1.82, 2.24) is 0 Å². The van der Waals surface area contributed by atoms with Gasteiger partial charge in [0.05, 0.1) is 0 Å². The smallest absolute Gasteiger partial charge is 0.391 e. The lowest BCUT2D eigenvalue weighted by molar-refractivity contribution is 0.0507. The van der Waals surface area contributed by atoms with E-state index < -0.39 is 52.3 Å². The molecular formula is C28H32O8Si6. The molecule has 4 aromatic rings. The summed E-state index contributed by atoms with van der Waals surface area (Å²) in [6.07, 6.45) is 0. The summed E-state index contributed by atoms with van der Waals surface area (Å²) in [5.74, 6) is 0. The lowest BCUT2D eigenvalue weighted by Crippen LogP contribution is -2.89. The van der Waals surface area contributed by atoms with Crippen molar-refractivity contribution in [2.45, 2.75) is 26.2 Å². The van der Waals surface area contributed by atoms with Gasteiger partial charge in [0.2, 0.25) is 0 Å². The maximum Gasteiger partial charge on any atom is 0.514 e. The highest BCUT2D eigenvalue weighted by Gasteiger charge is 2.77. The van der Waals surface area contributed by atoms with E-state index in [0.717, 1.165) is 20.7 Å². The maximum absolute atomic E-state index is 7.43. The summed E-state index contributed by atoms with van der Waals surface area (Å²) in [6.45, 7) is 8.07. The molecule has 3 fully saturated rings. The highest BCUT2D eigenvalue weighted by Crippen LogP contribution is 2.43. The molecule has 0 spiro atoms. The molecular weight excluding hydrogens is 633 g/mol. The zero-order valence-electron chi connectivity index (χ0n) is 23.8. The van der Waals surface area contributed by atoms with E-state index in [4.69, 9.17) is 32.9 Å². The molecule has 216 valence electrons. The van der Waals surface area contributed by atoms with Gasteiger partial charge in [0.15, 0.2) is 0 Å². The number of rotatable bonds is 4. The largest absolute Gasteiger partial charge is 0.514 e. The van der Waals surface area contributed by atoms with E-state index in [-0.39, 0.29) is 0 Å². The fraction of sp³-hybridized carbons (Fsp3) is 0.143. The van der Waals surface area contributed by atoms with Crippen molar-refractivity contribution in [2.24, 2.45) is 0 Å². The molecule has 14 heteroatoms. The summed E-state index contributed by atoms with van der Waals surface area (Å²) in [5.41, 5.74) is 0. The Balaban J connectivity index is 1.57. The van der Waals surface area contributed by atoms with Crippen molar-refractivity contribution in [3.05, 3.63) is 121 Å². The third kappa shape index (κ3) is 4.96. The molecule has 4 bridgehead atoms. The Kier molecular flexibility index (Phi) is 6.96. The average Bonchev–Trinajstić information content (AvgIpc) is 2.97. The fourth-order valence-electron chi connectivity index (χ4n) is 5.57. The summed E-state index contributed by atoms with van der Waals surface area (Å²) < 4.78 is 57.3. The lowest BCUT2D eigenvalue weighted by Gasteiger charge is -2.58. The average molecular weight is 665 g/mol. The van der Waals surface area contributed by atoms with Crippen molar-refractivity contribution in [2.75, 3.05) is 0 Å². The molecule has 0 saturated carbocycles. The van der Waals surface area contributed by atoms with Crippen LogP contribution in [0.2, 0.25) is 26.2 Å². The molecule has 8 nitrogen and oxygen atoms in total. The van der Waals surface area contributed by atoms with Gasteiger partial charge in [-0.05, 0) is 26.2 Å². The Bertz CT molecular complexity index is 1340. The normalized spacial score (nSPS) is 33.2. The second-order valence-electron chi connectivity index (χ2n) is 11.3.